The molecule has 0 saturated heterocycles. The number of methoxy groups -OCH3 is 1. The van der Waals surface area contributed by atoms with Crippen LogP contribution in [-0.2, 0) is 17.8 Å². The molecule has 0 spiro atoms. The lowest BCUT2D eigenvalue weighted by molar-refractivity contribution is -0.134. The highest BCUT2D eigenvalue weighted by Crippen LogP contribution is 2.38. The molecule has 34 heavy (non-hydrogen) atoms. The number of carbonyl (C=O) groups excluding carboxylic acids is 1. The summed E-state index contributed by atoms with van der Waals surface area (Å²) in [6, 6.07) is 22.7. The molecule has 3 aromatic carbocycles. The first kappa shape index (κ1) is 22.4. The molecule has 0 bridgehead atoms. The van der Waals surface area contributed by atoms with Gasteiger partial charge in [-0.3, -0.25) is 9.69 Å². The molecular weight excluding hydrogens is 422 g/mol. The van der Waals surface area contributed by atoms with Crippen LogP contribution < -0.4 is 4.74 Å². The van der Waals surface area contributed by atoms with E-state index in [0.29, 0.717) is 13.0 Å². The molecular formula is C29H31N3O2. The third kappa shape index (κ3) is 4.36. The Labute approximate surface area is 201 Å². The van der Waals surface area contributed by atoms with Gasteiger partial charge in [0.1, 0.15) is 5.75 Å². The first-order chi connectivity index (χ1) is 16.5. The monoisotopic (exact) mass is 453 g/mol. The minimum absolute atomic E-state index is 0.0232. The lowest BCUT2D eigenvalue weighted by atomic mass is 9.94. The van der Waals surface area contributed by atoms with Crippen LogP contribution in [-0.4, -0.2) is 41.7 Å². The molecule has 0 N–H and O–H groups in total. The fraction of sp³-hybridized carbons (Fsp3) is 0.310. The van der Waals surface area contributed by atoms with Crippen molar-refractivity contribution in [1.82, 2.24) is 9.91 Å². The summed E-state index contributed by atoms with van der Waals surface area (Å²) in [5.74, 6) is 0.810. The van der Waals surface area contributed by atoms with Gasteiger partial charge >= 0.3 is 0 Å². The summed E-state index contributed by atoms with van der Waals surface area (Å²) in [5, 5.41) is 6.61. The molecule has 0 fully saturated rings. The molecule has 2 aliphatic heterocycles. The third-order valence-corrected chi connectivity index (χ3v) is 6.93. The maximum absolute atomic E-state index is 13.7. The van der Waals surface area contributed by atoms with Gasteiger partial charge in [-0.15, -0.1) is 0 Å². The Morgan fingerprint density at radius 1 is 1.03 bits per heavy atom. The number of ether oxygens (including phenoxy) is 1. The Balaban J connectivity index is 1.44. The minimum atomic E-state index is -0.184. The molecule has 5 rings (SSSR count). The van der Waals surface area contributed by atoms with Crippen molar-refractivity contribution in [3.8, 4) is 5.75 Å². The van der Waals surface area contributed by atoms with Gasteiger partial charge in [-0.25, -0.2) is 5.01 Å². The largest absolute Gasteiger partial charge is 0.496 e. The van der Waals surface area contributed by atoms with Gasteiger partial charge in [0.15, 0.2) is 0 Å². The van der Waals surface area contributed by atoms with Gasteiger partial charge in [-0.1, -0.05) is 66.2 Å². The zero-order valence-corrected chi connectivity index (χ0v) is 20.1. The normalized spacial score (nSPS) is 17.9. The Kier molecular flexibility index (Phi) is 6.20. The number of hydrazone groups is 1. The number of hydrogen-bond acceptors (Lipinski definition) is 4. The van der Waals surface area contributed by atoms with E-state index in [1.54, 1.807) is 12.1 Å². The molecule has 0 saturated carbocycles. The number of nitrogens with zero attached hydrogens (tertiary/aromatic N) is 3. The lowest BCUT2D eigenvalue weighted by Crippen LogP contribution is -2.40. The first-order valence-corrected chi connectivity index (χ1v) is 11.9. The number of fused-ring (bicyclic) bond motifs is 1. The van der Waals surface area contributed by atoms with Crippen molar-refractivity contribution >= 4 is 11.6 Å². The van der Waals surface area contributed by atoms with Crippen LogP contribution >= 0.6 is 0 Å². The number of hydrogen-bond donors (Lipinski definition) is 0. The molecule has 5 nitrogen and oxygen atoms in total. The van der Waals surface area contributed by atoms with Crippen molar-refractivity contribution in [2.75, 3.05) is 20.2 Å². The van der Waals surface area contributed by atoms with Crippen molar-refractivity contribution < 1.29 is 9.53 Å². The van der Waals surface area contributed by atoms with Gasteiger partial charge in [0.05, 0.1) is 25.4 Å². The number of amides is 1. The van der Waals surface area contributed by atoms with E-state index in [4.69, 9.17) is 9.84 Å². The summed E-state index contributed by atoms with van der Waals surface area (Å²) in [6.07, 6.45) is 1.63. The van der Waals surface area contributed by atoms with Crippen LogP contribution in [0.25, 0.3) is 0 Å². The second kappa shape index (κ2) is 9.43. The van der Waals surface area contributed by atoms with Gasteiger partial charge in [0.25, 0.3) is 5.91 Å². The molecule has 1 amide bonds. The van der Waals surface area contributed by atoms with Crippen LogP contribution in [0.4, 0.5) is 0 Å². The van der Waals surface area contributed by atoms with Crippen LogP contribution in [0.15, 0.2) is 71.8 Å². The van der Waals surface area contributed by atoms with Crippen LogP contribution in [0.5, 0.6) is 5.75 Å². The first-order valence-electron chi connectivity index (χ1n) is 11.9. The third-order valence-electron chi connectivity index (χ3n) is 6.93. The van der Waals surface area contributed by atoms with Crippen molar-refractivity contribution in [3.05, 3.63) is 100 Å². The van der Waals surface area contributed by atoms with E-state index in [9.17, 15) is 4.79 Å². The maximum Gasteiger partial charge on any atom is 0.257 e. The molecule has 1 atom stereocenters. The van der Waals surface area contributed by atoms with E-state index < -0.39 is 0 Å². The van der Waals surface area contributed by atoms with Gasteiger partial charge in [0, 0.05) is 30.6 Å². The van der Waals surface area contributed by atoms with Crippen LogP contribution in [0.2, 0.25) is 0 Å². The van der Waals surface area contributed by atoms with Crippen LogP contribution in [0.3, 0.4) is 0 Å². The number of rotatable bonds is 5. The van der Waals surface area contributed by atoms with E-state index >= 15 is 0 Å². The van der Waals surface area contributed by atoms with Crippen molar-refractivity contribution in [2.45, 2.75) is 39.3 Å². The maximum atomic E-state index is 13.7. The summed E-state index contributed by atoms with van der Waals surface area (Å²) in [7, 11) is 1.68. The average Bonchev–Trinajstić information content (AvgIpc) is 3.29. The average molecular weight is 454 g/mol. The molecule has 0 radical (unpaired) electrons. The van der Waals surface area contributed by atoms with E-state index in [2.05, 4.69) is 61.2 Å². The molecule has 2 aliphatic rings. The van der Waals surface area contributed by atoms with Crippen LogP contribution in [0.1, 0.15) is 45.8 Å². The van der Waals surface area contributed by atoms with Gasteiger partial charge in [-0.2, -0.15) is 5.10 Å². The molecule has 174 valence electrons. The van der Waals surface area contributed by atoms with E-state index in [1.165, 1.54) is 22.3 Å². The Hall–Kier alpha value is -3.44. The van der Waals surface area contributed by atoms with E-state index in [-0.39, 0.29) is 11.9 Å². The summed E-state index contributed by atoms with van der Waals surface area (Å²) < 4.78 is 5.66. The second-order valence-corrected chi connectivity index (χ2v) is 9.29. The fourth-order valence-electron chi connectivity index (χ4n) is 5.18. The standard InChI is InChI=1S/C29H31N3O2/c1-20-12-13-24(21(2)16-20)26-17-27(25-10-6-7-11-28(25)34-3)32(30-26)29(33)19-31-15-14-22-8-4-5-9-23(22)18-31/h4-13,16,27H,14-15,17-19H2,1-3H3. The minimum Gasteiger partial charge on any atom is -0.496 e. The summed E-state index contributed by atoms with van der Waals surface area (Å²) in [5.41, 5.74) is 8.14. The molecule has 0 aromatic heterocycles. The smallest absolute Gasteiger partial charge is 0.257 e. The molecule has 3 aromatic rings. The molecule has 5 heteroatoms. The number of carbonyl (C=O) groups is 1. The molecule has 2 heterocycles. The van der Waals surface area contributed by atoms with E-state index in [1.807, 2.05) is 24.3 Å². The number of benzene rings is 3. The van der Waals surface area contributed by atoms with Crippen molar-refractivity contribution in [1.29, 1.82) is 0 Å². The fourth-order valence-corrected chi connectivity index (χ4v) is 5.18. The zero-order chi connectivity index (χ0) is 23.7. The highest BCUT2D eigenvalue weighted by molar-refractivity contribution is 6.04. The lowest BCUT2D eigenvalue weighted by Gasteiger charge is -2.30. The van der Waals surface area contributed by atoms with Gasteiger partial charge in [0.2, 0.25) is 0 Å². The highest BCUT2D eigenvalue weighted by atomic mass is 16.5. The van der Waals surface area contributed by atoms with Gasteiger partial charge in [-0.05, 0) is 43.0 Å². The zero-order valence-electron chi connectivity index (χ0n) is 20.1. The Morgan fingerprint density at radius 3 is 2.59 bits per heavy atom. The van der Waals surface area contributed by atoms with E-state index in [0.717, 1.165) is 42.1 Å². The second-order valence-electron chi connectivity index (χ2n) is 9.29. The summed E-state index contributed by atoms with van der Waals surface area (Å²) >= 11 is 0. The highest BCUT2D eigenvalue weighted by Gasteiger charge is 2.36. The number of para-hydroxylation sites is 1. The SMILES string of the molecule is COc1ccccc1C1CC(c2ccc(C)cc2C)=NN1C(=O)CN1CCc2ccccc2C1. The Bertz CT molecular complexity index is 1250. The Morgan fingerprint density at radius 2 is 1.79 bits per heavy atom. The van der Waals surface area contributed by atoms with Crippen molar-refractivity contribution in [2.24, 2.45) is 5.10 Å². The topological polar surface area (TPSA) is 45.1 Å². The predicted octanol–water partition coefficient (Wildman–Crippen LogP) is 5.05. The van der Waals surface area contributed by atoms with Gasteiger partial charge < -0.3 is 4.74 Å². The molecule has 1 unspecified atom stereocenters. The van der Waals surface area contributed by atoms with Crippen LogP contribution in [0, 0.1) is 13.8 Å². The van der Waals surface area contributed by atoms with Crippen molar-refractivity contribution in [3.63, 3.8) is 0 Å². The quantitative estimate of drug-likeness (QED) is 0.543. The number of aryl methyl sites for hydroxylation is 2. The summed E-state index contributed by atoms with van der Waals surface area (Å²) in [4.78, 5) is 15.9. The predicted molar refractivity (Wildman–Crippen MR) is 135 cm³/mol. The summed E-state index contributed by atoms with van der Waals surface area (Å²) in [6.45, 7) is 6.23. The molecule has 0 aliphatic carbocycles.